The topological polar surface area (TPSA) is 116 Å². The number of methoxy groups -OCH3 is 1. The fourth-order valence-corrected chi connectivity index (χ4v) is 3.45. The highest BCUT2D eigenvalue weighted by Gasteiger charge is 2.31. The number of esters is 1. The summed E-state index contributed by atoms with van der Waals surface area (Å²) >= 11 is 0. The summed E-state index contributed by atoms with van der Waals surface area (Å²) in [5, 5.41) is 22.3. The molecule has 0 fully saturated rings. The summed E-state index contributed by atoms with van der Waals surface area (Å²) in [6, 6.07) is 12.9. The molecule has 1 aliphatic rings. The standard InChI is InChI=1S/C21H22N2O6/c1-29-20(26)14-8-6-13(7-9-14)19(25)22-18(24)11-17-10-15-4-2-3-5-16(15)12-23(17)21(27)28/h2-9,17-18,24H,10-12H2,1H3,(H,22,25)(H,27,28)/t17-,18+/m0/s1. The Hall–Kier alpha value is -3.39. The number of benzene rings is 2. The molecular weight excluding hydrogens is 376 g/mol. The first-order valence-electron chi connectivity index (χ1n) is 9.12. The highest BCUT2D eigenvalue weighted by molar-refractivity contribution is 5.96. The summed E-state index contributed by atoms with van der Waals surface area (Å²) in [7, 11) is 1.27. The fraction of sp³-hybridized carbons (Fsp3) is 0.286. The molecule has 0 saturated carbocycles. The first-order chi connectivity index (χ1) is 13.9. The number of nitrogens with one attached hydrogen (secondary N) is 1. The average Bonchev–Trinajstić information content (AvgIpc) is 2.72. The lowest BCUT2D eigenvalue weighted by Gasteiger charge is -2.36. The molecule has 0 saturated heterocycles. The summed E-state index contributed by atoms with van der Waals surface area (Å²) in [5.74, 6) is -1.03. The number of hydrogen-bond acceptors (Lipinski definition) is 5. The van der Waals surface area contributed by atoms with E-state index in [1.54, 1.807) is 0 Å². The number of fused-ring (bicyclic) bond motifs is 1. The van der Waals surface area contributed by atoms with Crippen molar-refractivity contribution >= 4 is 18.0 Å². The smallest absolute Gasteiger partial charge is 0.407 e. The van der Waals surface area contributed by atoms with Crippen molar-refractivity contribution in [3.63, 3.8) is 0 Å². The van der Waals surface area contributed by atoms with Crippen molar-refractivity contribution < 1.29 is 29.3 Å². The van der Waals surface area contributed by atoms with Crippen molar-refractivity contribution in [3.8, 4) is 0 Å². The summed E-state index contributed by atoms with van der Waals surface area (Å²) in [4.78, 5) is 36.7. The van der Waals surface area contributed by atoms with Crippen molar-refractivity contribution in [2.75, 3.05) is 7.11 Å². The van der Waals surface area contributed by atoms with Crippen molar-refractivity contribution in [1.29, 1.82) is 0 Å². The van der Waals surface area contributed by atoms with E-state index in [1.807, 2.05) is 24.3 Å². The van der Waals surface area contributed by atoms with Crippen LogP contribution in [0.25, 0.3) is 0 Å². The van der Waals surface area contributed by atoms with Crippen LogP contribution in [0.1, 0.15) is 38.3 Å². The molecule has 2 aromatic carbocycles. The van der Waals surface area contributed by atoms with Crippen molar-refractivity contribution in [2.45, 2.75) is 31.7 Å². The van der Waals surface area contributed by atoms with E-state index < -0.39 is 30.2 Å². The lowest BCUT2D eigenvalue weighted by atomic mass is 9.92. The Morgan fingerprint density at radius 1 is 1.10 bits per heavy atom. The molecule has 2 aromatic rings. The molecule has 0 spiro atoms. The molecule has 0 radical (unpaired) electrons. The molecule has 0 aliphatic carbocycles. The number of carbonyl (C=O) groups excluding carboxylic acids is 2. The Morgan fingerprint density at radius 2 is 1.72 bits per heavy atom. The van der Waals surface area contributed by atoms with Gasteiger partial charge in [0.05, 0.1) is 12.7 Å². The molecule has 3 N–H and O–H groups in total. The lowest BCUT2D eigenvalue weighted by molar-refractivity contribution is 0.0566. The molecule has 8 nitrogen and oxygen atoms in total. The Labute approximate surface area is 167 Å². The van der Waals surface area contributed by atoms with Crippen molar-refractivity contribution in [3.05, 3.63) is 70.8 Å². The average molecular weight is 398 g/mol. The van der Waals surface area contributed by atoms with Crippen LogP contribution in [0.15, 0.2) is 48.5 Å². The third kappa shape index (κ3) is 4.72. The second kappa shape index (κ2) is 8.74. The monoisotopic (exact) mass is 398 g/mol. The van der Waals surface area contributed by atoms with E-state index >= 15 is 0 Å². The van der Waals surface area contributed by atoms with Gasteiger partial charge in [0.2, 0.25) is 0 Å². The van der Waals surface area contributed by atoms with Gasteiger partial charge >= 0.3 is 12.1 Å². The minimum Gasteiger partial charge on any atom is -0.465 e. The number of hydrogen-bond donors (Lipinski definition) is 3. The van der Waals surface area contributed by atoms with E-state index in [9.17, 15) is 24.6 Å². The predicted molar refractivity (Wildman–Crippen MR) is 103 cm³/mol. The molecule has 0 bridgehead atoms. The lowest BCUT2D eigenvalue weighted by Crippen LogP contribution is -2.48. The van der Waals surface area contributed by atoms with Crippen LogP contribution in [0, 0.1) is 0 Å². The second-order valence-corrected chi connectivity index (χ2v) is 6.83. The molecule has 29 heavy (non-hydrogen) atoms. The Morgan fingerprint density at radius 3 is 2.34 bits per heavy atom. The Balaban J connectivity index is 1.64. The SMILES string of the molecule is COC(=O)c1ccc(C(=O)N[C@H](O)C[C@@H]2Cc3ccccc3CN2C(=O)O)cc1. The molecule has 1 aliphatic heterocycles. The van der Waals surface area contributed by atoms with Gasteiger partial charge in [-0.05, 0) is 41.8 Å². The van der Waals surface area contributed by atoms with E-state index in [0.29, 0.717) is 12.0 Å². The molecule has 152 valence electrons. The van der Waals surface area contributed by atoms with Crippen LogP contribution in [-0.4, -0.2) is 52.5 Å². The van der Waals surface area contributed by atoms with Gasteiger partial charge in [-0.3, -0.25) is 4.79 Å². The van der Waals surface area contributed by atoms with E-state index in [1.165, 1.54) is 36.3 Å². The van der Waals surface area contributed by atoms with Gasteiger partial charge in [0, 0.05) is 24.6 Å². The van der Waals surface area contributed by atoms with Crippen LogP contribution in [-0.2, 0) is 17.7 Å². The number of carboxylic acid groups (broad SMARTS) is 1. The van der Waals surface area contributed by atoms with Crippen LogP contribution in [0.5, 0.6) is 0 Å². The third-order valence-electron chi connectivity index (χ3n) is 4.96. The largest absolute Gasteiger partial charge is 0.465 e. The van der Waals surface area contributed by atoms with Crippen LogP contribution in [0.4, 0.5) is 4.79 Å². The van der Waals surface area contributed by atoms with Gasteiger partial charge in [0.25, 0.3) is 5.91 Å². The summed E-state index contributed by atoms with van der Waals surface area (Å²) in [5.41, 5.74) is 2.55. The minimum absolute atomic E-state index is 0.0621. The van der Waals surface area contributed by atoms with Gasteiger partial charge in [-0.25, -0.2) is 9.59 Å². The maximum atomic E-state index is 12.3. The van der Waals surface area contributed by atoms with Crippen LogP contribution < -0.4 is 5.32 Å². The molecule has 0 aromatic heterocycles. The molecule has 2 atom stereocenters. The van der Waals surface area contributed by atoms with E-state index in [-0.39, 0.29) is 18.5 Å². The number of nitrogens with zero attached hydrogens (tertiary/aromatic N) is 1. The number of carbonyl (C=O) groups is 3. The fourth-order valence-electron chi connectivity index (χ4n) is 3.45. The Bertz CT molecular complexity index is 912. The number of aliphatic hydroxyl groups is 1. The van der Waals surface area contributed by atoms with Gasteiger partial charge < -0.3 is 25.2 Å². The maximum Gasteiger partial charge on any atom is 0.407 e. The predicted octanol–water partition coefficient (Wildman–Crippen LogP) is 2.02. The van der Waals surface area contributed by atoms with Crippen LogP contribution >= 0.6 is 0 Å². The highest BCUT2D eigenvalue weighted by Crippen LogP contribution is 2.25. The van der Waals surface area contributed by atoms with Crippen LogP contribution in [0.2, 0.25) is 0 Å². The second-order valence-electron chi connectivity index (χ2n) is 6.83. The van der Waals surface area contributed by atoms with E-state index in [2.05, 4.69) is 10.1 Å². The molecule has 8 heteroatoms. The summed E-state index contributed by atoms with van der Waals surface area (Å²) in [6.45, 7) is 0.242. The van der Waals surface area contributed by atoms with Gasteiger partial charge in [0.15, 0.2) is 0 Å². The number of rotatable bonds is 5. The molecule has 1 heterocycles. The van der Waals surface area contributed by atoms with E-state index in [4.69, 9.17) is 0 Å². The van der Waals surface area contributed by atoms with Gasteiger partial charge in [-0.1, -0.05) is 24.3 Å². The molecular formula is C21H22N2O6. The summed E-state index contributed by atoms with van der Waals surface area (Å²) < 4.78 is 4.61. The zero-order valence-corrected chi connectivity index (χ0v) is 15.9. The summed E-state index contributed by atoms with van der Waals surface area (Å²) in [6.07, 6.45) is -1.77. The molecule has 2 amide bonds. The van der Waals surface area contributed by atoms with Crippen molar-refractivity contribution in [2.24, 2.45) is 0 Å². The Kier molecular flexibility index (Phi) is 6.13. The highest BCUT2D eigenvalue weighted by atomic mass is 16.5. The molecule has 3 rings (SSSR count). The maximum absolute atomic E-state index is 12.3. The first kappa shape index (κ1) is 20.3. The van der Waals surface area contributed by atoms with Crippen molar-refractivity contribution in [1.82, 2.24) is 10.2 Å². The van der Waals surface area contributed by atoms with Gasteiger partial charge in [-0.15, -0.1) is 0 Å². The zero-order valence-electron chi connectivity index (χ0n) is 15.9. The quantitative estimate of drug-likeness (QED) is 0.524. The van der Waals surface area contributed by atoms with Gasteiger partial charge in [-0.2, -0.15) is 0 Å². The third-order valence-corrected chi connectivity index (χ3v) is 4.96. The number of amides is 2. The normalized spacial score (nSPS) is 16.5. The minimum atomic E-state index is -1.22. The zero-order chi connectivity index (χ0) is 21.0. The van der Waals surface area contributed by atoms with Crippen LogP contribution in [0.3, 0.4) is 0 Å². The number of aliphatic hydroxyl groups excluding tert-OH is 1. The first-order valence-corrected chi connectivity index (χ1v) is 9.12. The molecule has 0 unspecified atom stereocenters. The van der Waals surface area contributed by atoms with E-state index in [0.717, 1.165) is 11.1 Å². The number of ether oxygens (including phenoxy) is 1. The van der Waals surface area contributed by atoms with Gasteiger partial charge in [0.1, 0.15) is 6.23 Å².